The van der Waals surface area contributed by atoms with E-state index in [2.05, 4.69) is 20.9 Å². The Balaban J connectivity index is 1.92. The lowest BCUT2D eigenvalue weighted by Gasteiger charge is -2.08. The minimum atomic E-state index is -0.162. The van der Waals surface area contributed by atoms with E-state index in [0.29, 0.717) is 11.8 Å². The highest BCUT2D eigenvalue weighted by Gasteiger charge is 2.25. The first-order valence-electron chi connectivity index (χ1n) is 6.16. The summed E-state index contributed by atoms with van der Waals surface area (Å²) in [4.78, 5) is 16.2. The first-order valence-corrected chi connectivity index (χ1v) is 6.95. The summed E-state index contributed by atoms with van der Waals surface area (Å²) < 4.78 is 8.31. The van der Waals surface area contributed by atoms with Crippen molar-refractivity contribution in [3.05, 3.63) is 51.0 Å². The fraction of sp³-hybridized carbons (Fsp3) is 0.286. The SMILES string of the molecule is Cc1cc(Oc2nccn(C3CC3)c2=O)ccc1Br. The van der Waals surface area contributed by atoms with Gasteiger partial charge in [-0.25, -0.2) is 4.98 Å². The van der Waals surface area contributed by atoms with Crippen LogP contribution in [0.4, 0.5) is 0 Å². The molecular weight excluding hydrogens is 308 g/mol. The maximum absolute atomic E-state index is 12.2. The maximum Gasteiger partial charge on any atom is 0.313 e. The Labute approximate surface area is 119 Å². The Bertz CT molecular complexity index is 677. The van der Waals surface area contributed by atoms with Crippen molar-refractivity contribution in [1.29, 1.82) is 0 Å². The van der Waals surface area contributed by atoms with Crippen LogP contribution in [-0.2, 0) is 0 Å². The molecule has 98 valence electrons. The van der Waals surface area contributed by atoms with Gasteiger partial charge >= 0.3 is 5.56 Å². The molecule has 1 heterocycles. The Morgan fingerprint density at radius 1 is 1.42 bits per heavy atom. The third-order valence-corrected chi connectivity index (χ3v) is 4.01. The standard InChI is InChI=1S/C14H13BrN2O2/c1-9-8-11(4-5-12(9)15)19-13-14(18)17(7-6-16-13)10-2-3-10/h4-8,10H,2-3H2,1H3. The van der Waals surface area contributed by atoms with Gasteiger partial charge in [0, 0.05) is 22.9 Å². The second-order valence-electron chi connectivity index (χ2n) is 4.69. The molecule has 0 N–H and O–H groups in total. The van der Waals surface area contributed by atoms with Gasteiger partial charge in [-0.3, -0.25) is 4.79 Å². The van der Waals surface area contributed by atoms with Crippen LogP contribution in [0.1, 0.15) is 24.4 Å². The number of benzene rings is 1. The summed E-state index contributed by atoms with van der Waals surface area (Å²) >= 11 is 3.43. The van der Waals surface area contributed by atoms with Gasteiger partial charge in [0.1, 0.15) is 5.75 Å². The van der Waals surface area contributed by atoms with Crippen LogP contribution in [0.3, 0.4) is 0 Å². The molecule has 1 aliphatic carbocycles. The van der Waals surface area contributed by atoms with Gasteiger partial charge in [0.15, 0.2) is 0 Å². The van der Waals surface area contributed by atoms with Gasteiger partial charge < -0.3 is 9.30 Å². The molecule has 3 rings (SSSR count). The number of aromatic nitrogens is 2. The molecule has 1 fully saturated rings. The van der Waals surface area contributed by atoms with Crippen molar-refractivity contribution in [3.63, 3.8) is 0 Å². The summed E-state index contributed by atoms with van der Waals surface area (Å²) in [6.07, 6.45) is 5.45. The fourth-order valence-electron chi connectivity index (χ4n) is 1.91. The van der Waals surface area contributed by atoms with Crippen LogP contribution >= 0.6 is 15.9 Å². The summed E-state index contributed by atoms with van der Waals surface area (Å²) in [5, 5.41) is 0. The zero-order chi connectivity index (χ0) is 13.4. The molecule has 0 radical (unpaired) electrons. The summed E-state index contributed by atoms with van der Waals surface area (Å²) in [5.41, 5.74) is 0.890. The highest BCUT2D eigenvalue weighted by molar-refractivity contribution is 9.10. The predicted octanol–water partition coefficient (Wildman–Crippen LogP) is 3.44. The van der Waals surface area contributed by atoms with Gasteiger partial charge in [-0.2, -0.15) is 0 Å². The predicted molar refractivity (Wildman–Crippen MR) is 75.7 cm³/mol. The van der Waals surface area contributed by atoms with Crippen molar-refractivity contribution >= 4 is 15.9 Å². The van der Waals surface area contributed by atoms with E-state index in [1.54, 1.807) is 17.0 Å². The molecule has 1 aliphatic rings. The van der Waals surface area contributed by atoms with Gasteiger partial charge in [0.25, 0.3) is 5.88 Å². The van der Waals surface area contributed by atoms with Crippen LogP contribution in [0.5, 0.6) is 11.6 Å². The van der Waals surface area contributed by atoms with E-state index in [-0.39, 0.29) is 11.4 Å². The van der Waals surface area contributed by atoms with E-state index in [4.69, 9.17) is 4.74 Å². The minimum Gasteiger partial charge on any atom is -0.435 e. The summed E-state index contributed by atoms with van der Waals surface area (Å²) in [7, 11) is 0. The topological polar surface area (TPSA) is 44.1 Å². The molecule has 0 aliphatic heterocycles. The molecule has 0 unspecified atom stereocenters. The highest BCUT2D eigenvalue weighted by atomic mass is 79.9. The normalized spacial score (nSPS) is 14.4. The van der Waals surface area contributed by atoms with Crippen LogP contribution in [0, 0.1) is 6.92 Å². The number of hydrogen-bond acceptors (Lipinski definition) is 3. The summed E-state index contributed by atoms with van der Waals surface area (Å²) in [6.45, 7) is 1.97. The van der Waals surface area contributed by atoms with Crippen molar-refractivity contribution in [2.75, 3.05) is 0 Å². The van der Waals surface area contributed by atoms with E-state index >= 15 is 0 Å². The van der Waals surface area contributed by atoms with Crippen LogP contribution in [-0.4, -0.2) is 9.55 Å². The lowest BCUT2D eigenvalue weighted by Crippen LogP contribution is -2.20. The smallest absolute Gasteiger partial charge is 0.313 e. The largest absolute Gasteiger partial charge is 0.435 e. The number of aryl methyl sites for hydroxylation is 1. The third kappa shape index (κ3) is 2.56. The lowest BCUT2D eigenvalue weighted by atomic mass is 10.2. The molecule has 4 nitrogen and oxygen atoms in total. The fourth-order valence-corrected chi connectivity index (χ4v) is 2.16. The monoisotopic (exact) mass is 320 g/mol. The van der Waals surface area contributed by atoms with Crippen molar-refractivity contribution in [2.45, 2.75) is 25.8 Å². The quantitative estimate of drug-likeness (QED) is 0.870. The van der Waals surface area contributed by atoms with Crippen LogP contribution < -0.4 is 10.3 Å². The van der Waals surface area contributed by atoms with Crippen LogP contribution in [0.15, 0.2) is 39.9 Å². The van der Waals surface area contributed by atoms with E-state index in [9.17, 15) is 4.79 Å². The molecule has 0 atom stereocenters. The summed E-state index contributed by atoms with van der Waals surface area (Å²) in [6, 6.07) is 5.91. The molecule has 1 aromatic heterocycles. The van der Waals surface area contributed by atoms with Crippen molar-refractivity contribution in [2.24, 2.45) is 0 Å². The second kappa shape index (κ2) is 4.81. The third-order valence-electron chi connectivity index (χ3n) is 3.12. The van der Waals surface area contributed by atoms with Crippen molar-refractivity contribution < 1.29 is 4.74 Å². The molecule has 0 bridgehead atoms. The number of rotatable bonds is 3. The van der Waals surface area contributed by atoms with Crippen LogP contribution in [0.2, 0.25) is 0 Å². The van der Waals surface area contributed by atoms with E-state index < -0.39 is 0 Å². The Hall–Kier alpha value is -1.62. The van der Waals surface area contributed by atoms with Crippen molar-refractivity contribution in [1.82, 2.24) is 9.55 Å². The molecule has 1 aromatic carbocycles. The maximum atomic E-state index is 12.2. The summed E-state index contributed by atoms with van der Waals surface area (Å²) in [5.74, 6) is 0.759. The van der Waals surface area contributed by atoms with Crippen LogP contribution in [0.25, 0.3) is 0 Å². The first kappa shape index (κ1) is 12.4. The van der Waals surface area contributed by atoms with Gasteiger partial charge in [0.2, 0.25) is 0 Å². The van der Waals surface area contributed by atoms with Gasteiger partial charge in [0.05, 0.1) is 0 Å². The average Bonchev–Trinajstić information content (AvgIpc) is 3.21. The highest BCUT2D eigenvalue weighted by Crippen LogP contribution is 2.33. The minimum absolute atomic E-state index is 0.135. The Kier molecular flexibility index (Phi) is 3.14. The number of halogens is 1. The second-order valence-corrected chi connectivity index (χ2v) is 5.54. The molecule has 0 amide bonds. The van der Waals surface area contributed by atoms with Crippen molar-refractivity contribution in [3.8, 4) is 11.6 Å². The van der Waals surface area contributed by atoms with E-state index in [1.807, 2.05) is 25.1 Å². The molecule has 1 saturated carbocycles. The average molecular weight is 321 g/mol. The molecule has 5 heteroatoms. The van der Waals surface area contributed by atoms with Gasteiger partial charge in [-0.1, -0.05) is 15.9 Å². The van der Waals surface area contributed by atoms with E-state index in [0.717, 1.165) is 22.9 Å². The number of ether oxygens (including phenoxy) is 1. The molecule has 0 spiro atoms. The molecule has 0 saturated heterocycles. The Morgan fingerprint density at radius 2 is 2.21 bits per heavy atom. The first-order chi connectivity index (χ1) is 9.15. The number of nitrogens with zero attached hydrogens (tertiary/aromatic N) is 2. The lowest BCUT2D eigenvalue weighted by molar-refractivity contribution is 0.444. The Morgan fingerprint density at radius 3 is 2.89 bits per heavy atom. The molecule has 2 aromatic rings. The van der Waals surface area contributed by atoms with E-state index in [1.165, 1.54) is 0 Å². The van der Waals surface area contributed by atoms with Gasteiger partial charge in [-0.05, 0) is 43.5 Å². The zero-order valence-corrected chi connectivity index (χ0v) is 12.1. The molecular formula is C14H13BrN2O2. The number of hydrogen-bond donors (Lipinski definition) is 0. The zero-order valence-electron chi connectivity index (χ0n) is 10.5. The molecule has 19 heavy (non-hydrogen) atoms. The van der Waals surface area contributed by atoms with Gasteiger partial charge in [-0.15, -0.1) is 0 Å².